The van der Waals surface area contributed by atoms with Crippen molar-refractivity contribution in [3.63, 3.8) is 0 Å². The molecule has 0 spiro atoms. The first-order chi connectivity index (χ1) is 17.0. The lowest BCUT2D eigenvalue weighted by Gasteiger charge is -2.25. The number of rotatable bonds is 9. The fourth-order valence-corrected chi connectivity index (χ4v) is 4.75. The van der Waals surface area contributed by atoms with Gasteiger partial charge in [0.25, 0.3) is 5.91 Å². The van der Waals surface area contributed by atoms with Crippen LogP contribution in [0.3, 0.4) is 0 Å². The predicted octanol–water partition coefficient (Wildman–Crippen LogP) is 2.29. The molecule has 2 fully saturated rings. The maximum Gasteiger partial charge on any atom is 0.255 e. The molecule has 0 aliphatic carbocycles. The third-order valence-electron chi connectivity index (χ3n) is 6.57. The summed E-state index contributed by atoms with van der Waals surface area (Å²) in [5.41, 5.74) is 6.40. The third kappa shape index (κ3) is 6.05. The van der Waals surface area contributed by atoms with Gasteiger partial charge in [-0.2, -0.15) is 0 Å². The average molecular weight is 487 g/mol. The summed E-state index contributed by atoms with van der Waals surface area (Å²) in [5, 5.41) is 5.99. The van der Waals surface area contributed by atoms with E-state index in [1.165, 1.54) is 18.2 Å². The molecule has 35 heavy (non-hydrogen) atoms. The van der Waals surface area contributed by atoms with Gasteiger partial charge in [0.05, 0.1) is 12.1 Å². The minimum Gasteiger partial charge on any atom is -0.369 e. The second kappa shape index (κ2) is 11.4. The highest BCUT2D eigenvalue weighted by molar-refractivity contribution is 5.99. The molecule has 1 aromatic heterocycles. The van der Waals surface area contributed by atoms with Gasteiger partial charge in [0.2, 0.25) is 5.91 Å². The molecule has 8 nitrogen and oxygen atoms in total. The molecule has 0 radical (unpaired) electrons. The Labute approximate surface area is 203 Å². The molecule has 2 aromatic rings. The van der Waals surface area contributed by atoms with E-state index < -0.39 is 11.7 Å². The average Bonchev–Trinajstić information content (AvgIpc) is 3.55. The van der Waals surface area contributed by atoms with Gasteiger partial charge in [0.1, 0.15) is 11.6 Å². The molecule has 0 saturated carbocycles. The number of likely N-dealkylation sites (tertiary alicyclic amines) is 1. The molecule has 2 amide bonds. The van der Waals surface area contributed by atoms with Gasteiger partial charge < -0.3 is 26.2 Å². The highest BCUT2D eigenvalue weighted by Gasteiger charge is 2.29. The van der Waals surface area contributed by atoms with Crippen molar-refractivity contribution in [3.05, 3.63) is 53.1 Å². The molecule has 2 saturated heterocycles. The lowest BCUT2D eigenvalue weighted by molar-refractivity contribution is -0.130. The van der Waals surface area contributed by atoms with E-state index in [1.54, 1.807) is 11.0 Å². The lowest BCUT2D eigenvalue weighted by atomic mass is 10.1. The minimum atomic E-state index is -0.548. The Kier molecular flexibility index (Phi) is 8.12. The first-order valence-electron chi connectivity index (χ1n) is 12.2. The summed E-state index contributed by atoms with van der Waals surface area (Å²) in [7, 11) is 0. The third-order valence-corrected chi connectivity index (χ3v) is 6.57. The minimum absolute atomic E-state index is 0.0725. The molecule has 2 aliphatic heterocycles. The SMILES string of the molecule is NCC(=O)N1CCC[C@@H]1CNC(=O)c1cc(F)c(N2CCCC2)nc1NCCc1cccc(F)c1. The number of amides is 2. The largest absolute Gasteiger partial charge is 0.369 e. The number of halogens is 2. The fraction of sp³-hybridized carbons (Fsp3) is 0.480. The number of nitrogens with two attached hydrogens (primary N) is 1. The van der Waals surface area contributed by atoms with E-state index >= 15 is 4.39 Å². The molecule has 188 valence electrons. The molecule has 1 atom stereocenters. The highest BCUT2D eigenvalue weighted by Crippen LogP contribution is 2.26. The first-order valence-corrected chi connectivity index (χ1v) is 12.2. The number of carbonyl (C=O) groups is 2. The van der Waals surface area contributed by atoms with Crippen molar-refractivity contribution in [2.24, 2.45) is 5.73 Å². The molecular formula is C25H32F2N6O2. The molecule has 3 heterocycles. The molecule has 4 N–H and O–H groups in total. The molecule has 10 heteroatoms. The van der Waals surface area contributed by atoms with Gasteiger partial charge in [-0.3, -0.25) is 9.59 Å². The van der Waals surface area contributed by atoms with Crippen molar-refractivity contribution in [3.8, 4) is 0 Å². The van der Waals surface area contributed by atoms with Gasteiger partial charge in [-0.1, -0.05) is 12.1 Å². The van der Waals surface area contributed by atoms with E-state index in [4.69, 9.17) is 5.73 Å². The van der Waals surface area contributed by atoms with E-state index in [0.717, 1.165) is 31.2 Å². The summed E-state index contributed by atoms with van der Waals surface area (Å²) in [4.78, 5) is 33.2. The summed E-state index contributed by atoms with van der Waals surface area (Å²) in [6.07, 6.45) is 4.05. The van der Waals surface area contributed by atoms with Crippen LogP contribution < -0.4 is 21.3 Å². The number of carbonyl (C=O) groups excluding carboxylic acids is 2. The molecule has 2 aliphatic rings. The van der Waals surface area contributed by atoms with Crippen molar-refractivity contribution >= 4 is 23.5 Å². The molecular weight excluding hydrogens is 454 g/mol. The van der Waals surface area contributed by atoms with Crippen molar-refractivity contribution in [1.82, 2.24) is 15.2 Å². The lowest BCUT2D eigenvalue weighted by Crippen LogP contribution is -2.45. The summed E-state index contributed by atoms with van der Waals surface area (Å²) < 4.78 is 28.5. The van der Waals surface area contributed by atoms with Crippen molar-refractivity contribution in [1.29, 1.82) is 0 Å². The van der Waals surface area contributed by atoms with Crippen molar-refractivity contribution < 1.29 is 18.4 Å². The normalized spacial score (nSPS) is 17.6. The number of pyridine rings is 1. The maximum absolute atomic E-state index is 15.0. The second-order valence-electron chi connectivity index (χ2n) is 8.99. The van der Waals surface area contributed by atoms with Crippen LogP contribution >= 0.6 is 0 Å². The van der Waals surface area contributed by atoms with Gasteiger partial charge >= 0.3 is 0 Å². The van der Waals surface area contributed by atoms with Gasteiger partial charge in [0.15, 0.2) is 11.6 Å². The van der Waals surface area contributed by atoms with Crippen LogP contribution in [0, 0.1) is 11.6 Å². The zero-order valence-corrected chi connectivity index (χ0v) is 19.7. The van der Waals surface area contributed by atoms with Crippen LogP contribution in [0.5, 0.6) is 0 Å². The quantitative estimate of drug-likeness (QED) is 0.503. The van der Waals surface area contributed by atoms with E-state index in [1.807, 2.05) is 11.0 Å². The Morgan fingerprint density at radius 2 is 1.91 bits per heavy atom. The van der Waals surface area contributed by atoms with Gasteiger partial charge in [-0.15, -0.1) is 0 Å². The van der Waals surface area contributed by atoms with Crippen molar-refractivity contribution in [2.75, 3.05) is 49.5 Å². The standard InChI is InChI=1S/C25H32F2N6O2/c26-18-6-3-5-17(13-18)8-9-29-23-20(14-21(27)24(31-23)32-10-1-2-11-32)25(35)30-16-19-7-4-12-33(19)22(34)15-28/h3,5-6,13-14,19H,1-2,4,7-12,15-16,28H2,(H,29,31)(H,30,35)/t19-/m1/s1. The molecule has 1 aromatic carbocycles. The Morgan fingerprint density at radius 1 is 1.11 bits per heavy atom. The Morgan fingerprint density at radius 3 is 2.66 bits per heavy atom. The number of nitrogens with zero attached hydrogens (tertiary/aromatic N) is 3. The van der Waals surface area contributed by atoms with Gasteiger partial charge in [0, 0.05) is 38.8 Å². The maximum atomic E-state index is 15.0. The Bertz CT molecular complexity index is 1060. The van der Waals surface area contributed by atoms with Crippen molar-refractivity contribution in [2.45, 2.75) is 38.1 Å². The summed E-state index contributed by atoms with van der Waals surface area (Å²) in [6.45, 7) is 2.61. The summed E-state index contributed by atoms with van der Waals surface area (Å²) in [6, 6.07) is 7.39. The smallest absolute Gasteiger partial charge is 0.255 e. The number of hydrogen-bond acceptors (Lipinski definition) is 6. The topological polar surface area (TPSA) is 104 Å². The first kappa shape index (κ1) is 24.8. The van der Waals surface area contributed by atoms with E-state index in [-0.39, 0.29) is 48.1 Å². The predicted molar refractivity (Wildman–Crippen MR) is 130 cm³/mol. The van der Waals surface area contributed by atoms with E-state index in [2.05, 4.69) is 15.6 Å². The van der Waals surface area contributed by atoms with Crippen LogP contribution in [0.4, 0.5) is 20.4 Å². The fourth-order valence-electron chi connectivity index (χ4n) is 4.75. The monoisotopic (exact) mass is 486 g/mol. The summed E-state index contributed by atoms with van der Waals surface area (Å²) >= 11 is 0. The Balaban J connectivity index is 1.49. The molecule has 0 bridgehead atoms. The van der Waals surface area contributed by atoms with Crippen LogP contribution in [0.15, 0.2) is 30.3 Å². The molecule has 0 unspecified atom stereocenters. The van der Waals surface area contributed by atoms with Gasteiger partial charge in [-0.25, -0.2) is 13.8 Å². The number of hydrogen-bond donors (Lipinski definition) is 3. The van der Waals surface area contributed by atoms with Crippen LogP contribution in [0.2, 0.25) is 0 Å². The van der Waals surface area contributed by atoms with Crippen LogP contribution in [0.25, 0.3) is 0 Å². The molecule has 4 rings (SSSR count). The van der Waals surface area contributed by atoms with E-state index in [9.17, 15) is 14.0 Å². The second-order valence-corrected chi connectivity index (χ2v) is 8.99. The number of benzene rings is 1. The highest BCUT2D eigenvalue weighted by atomic mass is 19.1. The van der Waals surface area contributed by atoms with Crippen LogP contribution in [-0.2, 0) is 11.2 Å². The number of nitrogens with one attached hydrogen (secondary N) is 2. The zero-order valence-electron chi connectivity index (χ0n) is 19.7. The van der Waals surface area contributed by atoms with Crippen LogP contribution in [0.1, 0.15) is 41.6 Å². The Hall–Kier alpha value is -3.27. The number of aromatic nitrogens is 1. The van der Waals surface area contributed by atoms with Crippen LogP contribution in [-0.4, -0.2) is 67.0 Å². The van der Waals surface area contributed by atoms with Gasteiger partial charge in [-0.05, 0) is 55.9 Å². The van der Waals surface area contributed by atoms with E-state index in [0.29, 0.717) is 32.6 Å². The number of anilines is 2. The zero-order chi connectivity index (χ0) is 24.8. The summed E-state index contributed by atoms with van der Waals surface area (Å²) in [5.74, 6) is -0.971.